The third kappa shape index (κ3) is 3.37. The SMILES string of the molecule is CC1(C)CC(=O)C2=C(C1)Nc1cnccc1NC2c1ccc(C(F)(F)F)cc1. The van der Waals surface area contributed by atoms with E-state index in [0.717, 1.165) is 29.2 Å². The van der Waals surface area contributed by atoms with Crippen molar-refractivity contribution in [3.63, 3.8) is 0 Å². The maximum atomic E-state index is 13.0. The van der Waals surface area contributed by atoms with E-state index in [1.165, 1.54) is 12.1 Å². The van der Waals surface area contributed by atoms with Crippen LogP contribution in [0.25, 0.3) is 0 Å². The van der Waals surface area contributed by atoms with Crippen LogP contribution in [-0.4, -0.2) is 10.8 Å². The van der Waals surface area contributed by atoms with E-state index in [1.807, 2.05) is 13.8 Å². The number of benzene rings is 1. The summed E-state index contributed by atoms with van der Waals surface area (Å²) < 4.78 is 38.8. The number of Topliss-reactive ketones (excluding diaryl/α,β-unsaturated/α-hetero) is 1. The summed E-state index contributed by atoms with van der Waals surface area (Å²) in [5, 5.41) is 6.67. The van der Waals surface area contributed by atoms with E-state index >= 15 is 0 Å². The topological polar surface area (TPSA) is 54.0 Å². The number of carbonyl (C=O) groups excluding carboxylic acids is 1. The molecule has 1 aromatic carbocycles. The van der Waals surface area contributed by atoms with Gasteiger partial charge in [0, 0.05) is 23.9 Å². The van der Waals surface area contributed by atoms with Crippen molar-refractivity contribution < 1.29 is 18.0 Å². The Kier molecular flexibility index (Phi) is 4.21. The lowest BCUT2D eigenvalue weighted by Gasteiger charge is -2.34. The van der Waals surface area contributed by atoms with E-state index in [1.54, 1.807) is 18.5 Å². The van der Waals surface area contributed by atoms with Gasteiger partial charge in [0.05, 0.1) is 29.2 Å². The first-order valence-electron chi connectivity index (χ1n) is 9.05. The number of allylic oxidation sites excluding steroid dienone is 1. The second-order valence-corrected chi connectivity index (χ2v) is 8.08. The van der Waals surface area contributed by atoms with Gasteiger partial charge in [-0.05, 0) is 35.6 Å². The van der Waals surface area contributed by atoms with Gasteiger partial charge < -0.3 is 10.6 Å². The van der Waals surface area contributed by atoms with Crippen molar-refractivity contribution in [2.75, 3.05) is 10.6 Å². The number of pyridine rings is 1. The summed E-state index contributed by atoms with van der Waals surface area (Å²) in [7, 11) is 0. The standard InChI is InChI=1S/C21H20F3N3O/c1-20(2)9-15-18(17(28)10-20)19(27-14-7-8-25-11-16(14)26-15)12-3-5-13(6-4-12)21(22,23)24/h3-8,11,19,26-27H,9-10H2,1-2H3. The molecule has 0 radical (unpaired) electrons. The quantitative estimate of drug-likeness (QED) is 0.695. The molecule has 1 aromatic heterocycles. The largest absolute Gasteiger partial charge is 0.416 e. The second kappa shape index (κ2) is 6.36. The first-order chi connectivity index (χ1) is 13.1. The number of anilines is 2. The number of rotatable bonds is 1. The van der Waals surface area contributed by atoms with Crippen LogP contribution in [0, 0.1) is 5.41 Å². The molecule has 0 bridgehead atoms. The molecule has 2 heterocycles. The van der Waals surface area contributed by atoms with Gasteiger partial charge in [-0.3, -0.25) is 9.78 Å². The van der Waals surface area contributed by atoms with Crippen LogP contribution in [-0.2, 0) is 11.0 Å². The Balaban J connectivity index is 1.83. The maximum Gasteiger partial charge on any atom is 0.416 e. The molecule has 1 aliphatic carbocycles. The minimum atomic E-state index is -4.40. The lowest BCUT2D eigenvalue weighted by molar-refractivity contribution is -0.137. The number of aromatic nitrogens is 1. The summed E-state index contributed by atoms with van der Waals surface area (Å²) in [5.74, 6) is -0.00286. The molecular formula is C21H20F3N3O. The van der Waals surface area contributed by atoms with E-state index in [9.17, 15) is 18.0 Å². The number of hydrogen-bond donors (Lipinski definition) is 2. The first-order valence-corrected chi connectivity index (χ1v) is 9.05. The van der Waals surface area contributed by atoms with Crippen molar-refractivity contribution in [1.29, 1.82) is 0 Å². The number of nitrogens with zero attached hydrogens (tertiary/aromatic N) is 1. The Bertz CT molecular complexity index is 962. The highest BCUT2D eigenvalue weighted by Gasteiger charge is 2.39. The van der Waals surface area contributed by atoms with Crippen LogP contribution in [0.2, 0.25) is 0 Å². The summed E-state index contributed by atoms with van der Waals surface area (Å²) in [6, 6.07) is 6.24. The minimum Gasteiger partial charge on any atom is -0.372 e. The summed E-state index contributed by atoms with van der Waals surface area (Å²) >= 11 is 0. The molecule has 4 rings (SSSR count). The molecular weight excluding hydrogens is 367 g/mol. The zero-order valence-corrected chi connectivity index (χ0v) is 15.5. The van der Waals surface area contributed by atoms with Crippen LogP contribution in [0.4, 0.5) is 24.5 Å². The van der Waals surface area contributed by atoms with Gasteiger partial charge >= 0.3 is 6.18 Å². The third-order valence-corrected chi connectivity index (χ3v) is 5.19. The predicted octanol–water partition coefficient (Wildman–Crippen LogP) is 5.32. The van der Waals surface area contributed by atoms with Crippen molar-refractivity contribution >= 4 is 17.2 Å². The number of alkyl halides is 3. The van der Waals surface area contributed by atoms with Crippen LogP contribution in [0.1, 0.15) is 43.9 Å². The summed E-state index contributed by atoms with van der Waals surface area (Å²) in [6.45, 7) is 4.07. The van der Waals surface area contributed by atoms with E-state index in [0.29, 0.717) is 24.0 Å². The van der Waals surface area contributed by atoms with Crippen LogP contribution < -0.4 is 10.6 Å². The summed E-state index contributed by atoms with van der Waals surface area (Å²) in [4.78, 5) is 17.2. The Hall–Kier alpha value is -2.83. The van der Waals surface area contributed by atoms with Crippen molar-refractivity contribution in [2.45, 2.75) is 38.9 Å². The van der Waals surface area contributed by atoms with Crippen LogP contribution in [0.3, 0.4) is 0 Å². The molecule has 7 heteroatoms. The maximum absolute atomic E-state index is 13.0. The molecule has 0 saturated carbocycles. The van der Waals surface area contributed by atoms with Gasteiger partial charge in [0.1, 0.15) is 0 Å². The van der Waals surface area contributed by atoms with Gasteiger partial charge in [0.15, 0.2) is 5.78 Å². The molecule has 0 amide bonds. The Morgan fingerprint density at radius 1 is 1.07 bits per heavy atom. The van der Waals surface area contributed by atoms with Crippen molar-refractivity contribution in [2.24, 2.45) is 5.41 Å². The average Bonchev–Trinajstić information content (AvgIpc) is 2.76. The molecule has 4 nitrogen and oxygen atoms in total. The van der Waals surface area contributed by atoms with E-state index < -0.39 is 17.8 Å². The van der Waals surface area contributed by atoms with E-state index in [-0.39, 0.29) is 11.2 Å². The number of nitrogens with one attached hydrogen (secondary N) is 2. The first kappa shape index (κ1) is 18.5. The Morgan fingerprint density at radius 3 is 2.46 bits per heavy atom. The molecule has 0 fully saturated rings. The molecule has 2 aliphatic rings. The zero-order valence-electron chi connectivity index (χ0n) is 15.5. The van der Waals surface area contributed by atoms with Crippen LogP contribution >= 0.6 is 0 Å². The molecule has 2 aromatic rings. The minimum absolute atomic E-state index is 0.00286. The number of fused-ring (bicyclic) bond motifs is 1. The fourth-order valence-corrected chi connectivity index (χ4v) is 3.91. The van der Waals surface area contributed by atoms with Gasteiger partial charge in [-0.15, -0.1) is 0 Å². The molecule has 1 aliphatic heterocycles. The molecule has 1 atom stereocenters. The molecule has 1 unspecified atom stereocenters. The number of carbonyl (C=O) groups is 1. The summed E-state index contributed by atoms with van der Waals surface area (Å²) in [6.07, 6.45) is -0.0337. The highest BCUT2D eigenvalue weighted by molar-refractivity contribution is 6.01. The highest BCUT2D eigenvalue weighted by atomic mass is 19.4. The van der Waals surface area contributed by atoms with Gasteiger partial charge in [-0.1, -0.05) is 26.0 Å². The number of ketones is 1. The van der Waals surface area contributed by atoms with Crippen LogP contribution in [0.15, 0.2) is 54.0 Å². The van der Waals surface area contributed by atoms with Crippen molar-refractivity contribution in [1.82, 2.24) is 4.98 Å². The summed E-state index contributed by atoms with van der Waals surface area (Å²) in [5.41, 5.74) is 2.58. The molecule has 28 heavy (non-hydrogen) atoms. The van der Waals surface area contributed by atoms with Crippen molar-refractivity contribution in [3.8, 4) is 0 Å². The van der Waals surface area contributed by atoms with Crippen molar-refractivity contribution in [3.05, 3.63) is 65.1 Å². The smallest absolute Gasteiger partial charge is 0.372 e. The van der Waals surface area contributed by atoms with Gasteiger partial charge in [-0.25, -0.2) is 0 Å². The lowest BCUT2D eigenvalue weighted by atomic mass is 9.73. The Morgan fingerprint density at radius 2 is 1.79 bits per heavy atom. The van der Waals surface area contributed by atoms with Gasteiger partial charge in [0.2, 0.25) is 0 Å². The average molecular weight is 387 g/mol. The molecule has 0 spiro atoms. The Labute approximate surface area is 160 Å². The monoisotopic (exact) mass is 387 g/mol. The van der Waals surface area contributed by atoms with E-state index in [2.05, 4.69) is 15.6 Å². The third-order valence-electron chi connectivity index (χ3n) is 5.19. The van der Waals surface area contributed by atoms with Gasteiger partial charge in [-0.2, -0.15) is 13.2 Å². The molecule has 2 N–H and O–H groups in total. The van der Waals surface area contributed by atoms with Gasteiger partial charge in [0.25, 0.3) is 0 Å². The number of halogens is 3. The van der Waals surface area contributed by atoms with E-state index in [4.69, 9.17) is 0 Å². The predicted molar refractivity (Wildman–Crippen MR) is 101 cm³/mol. The second-order valence-electron chi connectivity index (χ2n) is 8.08. The zero-order chi connectivity index (χ0) is 20.1. The molecule has 146 valence electrons. The normalized spacial score (nSPS) is 21.2. The lowest BCUT2D eigenvalue weighted by Crippen LogP contribution is -2.31. The van der Waals surface area contributed by atoms with Crippen LogP contribution in [0.5, 0.6) is 0 Å². The molecule has 0 saturated heterocycles. The number of hydrogen-bond acceptors (Lipinski definition) is 4. The fraction of sp³-hybridized carbons (Fsp3) is 0.333. The fourth-order valence-electron chi connectivity index (χ4n) is 3.91. The highest BCUT2D eigenvalue weighted by Crippen LogP contribution is 2.45.